The van der Waals surface area contributed by atoms with Crippen LogP contribution in [-0.4, -0.2) is 59.5 Å². The second kappa shape index (κ2) is 8.21. The number of fused-ring (bicyclic) bond motifs is 1. The van der Waals surface area contributed by atoms with Crippen molar-refractivity contribution in [2.45, 2.75) is 51.6 Å². The number of nitrogens with zero attached hydrogens (tertiary/aromatic N) is 3. The molecule has 0 bridgehead atoms. The molecule has 1 aliphatic carbocycles. The van der Waals surface area contributed by atoms with Gasteiger partial charge >= 0.3 is 0 Å². The second-order valence-electron chi connectivity index (χ2n) is 8.00. The number of hydrogen-bond donors (Lipinski definition) is 1. The van der Waals surface area contributed by atoms with Crippen molar-refractivity contribution in [2.24, 2.45) is 0 Å². The van der Waals surface area contributed by atoms with Crippen molar-refractivity contribution in [3.8, 4) is 0 Å². The molecule has 1 N–H and O–H groups in total. The number of benzene rings is 1. The Balaban J connectivity index is 1.42. The van der Waals surface area contributed by atoms with Crippen molar-refractivity contribution < 1.29 is 4.79 Å². The summed E-state index contributed by atoms with van der Waals surface area (Å²) in [5, 5.41) is 4.06. The minimum absolute atomic E-state index is 0.112. The van der Waals surface area contributed by atoms with Gasteiger partial charge in [-0.25, -0.2) is 4.98 Å². The Kier molecular flexibility index (Phi) is 5.69. The van der Waals surface area contributed by atoms with E-state index in [1.54, 1.807) is 0 Å². The molecule has 2 aromatic rings. The highest BCUT2D eigenvalue weighted by Gasteiger charge is 2.33. The van der Waals surface area contributed by atoms with Gasteiger partial charge in [0.25, 0.3) is 5.91 Å². The maximum Gasteiger partial charge on any atom is 0.265 e. The predicted octanol–water partition coefficient (Wildman–Crippen LogP) is 3.59. The first kappa shape index (κ1) is 19.4. The fourth-order valence-corrected chi connectivity index (χ4v) is 5.59. The van der Waals surface area contributed by atoms with Gasteiger partial charge < -0.3 is 10.2 Å². The Morgan fingerprint density at radius 3 is 2.71 bits per heavy atom. The van der Waals surface area contributed by atoms with Crippen molar-refractivity contribution in [1.82, 2.24) is 14.8 Å². The molecule has 1 saturated heterocycles. The predicted molar refractivity (Wildman–Crippen MR) is 115 cm³/mol. The van der Waals surface area contributed by atoms with E-state index in [1.807, 2.05) is 25.8 Å². The molecule has 1 amide bonds. The molecular formula is C22H30N4OS. The van der Waals surface area contributed by atoms with Gasteiger partial charge in [0.1, 0.15) is 4.88 Å². The van der Waals surface area contributed by atoms with Crippen molar-refractivity contribution in [3.05, 3.63) is 46.0 Å². The highest BCUT2D eigenvalue weighted by molar-refractivity contribution is 7.17. The zero-order valence-electron chi connectivity index (χ0n) is 17.1. The molecule has 150 valence electrons. The average Bonchev–Trinajstić information content (AvgIpc) is 3.30. The monoisotopic (exact) mass is 398 g/mol. The van der Waals surface area contributed by atoms with E-state index in [-0.39, 0.29) is 11.9 Å². The minimum Gasteiger partial charge on any atom is -0.362 e. The summed E-state index contributed by atoms with van der Waals surface area (Å²) in [4.78, 5) is 23.0. The van der Waals surface area contributed by atoms with E-state index >= 15 is 0 Å². The number of piperidine rings is 1. The van der Waals surface area contributed by atoms with Gasteiger partial charge in [0.05, 0.1) is 5.69 Å². The summed E-state index contributed by atoms with van der Waals surface area (Å²) in [5.74, 6) is 0.112. The van der Waals surface area contributed by atoms with Crippen LogP contribution in [0.4, 0.5) is 5.13 Å². The third kappa shape index (κ3) is 3.80. The number of likely N-dealkylation sites (N-methyl/N-ethyl adjacent to an activating group) is 1. The molecule has 2 aliphatic rings. The van der Waals surface area contributed by atoms with Gasteiger partial charge in [0.15, 0.2) is 5.13 Å². The molecule has 1 atom stereocenters. The van der Waals surface area contributed by atoms with E-state index in [9.17, 15) is 4.79 Å². The first-order chi connectivity index (χ1) is 13.6. The molecule has 0 radical (unpaired) electrons. The van der Waals surface area contributed by atoms with Crippen LogP contribution in [0.3, 0.4) is 0 Å². The molecule has 0 saturated carbocycles. The van der Waals surface area contributed by atoms with Crippen molar-refractivity contribution in [1.29, 1.82) is 0 Å². The maximum absolute atomic E-state index is 13.1. The van der Waals surface area contributed by atoms with Gasteiger partial charge in [-0.1, -0.05) is 35.6 Å². The van der Waals surface area contributed by atoms with Crippen molar-refractivity contribution in [3.63, 3.8) is 0 Å². The number of aromatic nitrogens is 1. The highest BCUT2D eigenvalue weighted by Crippen LogP contribution is 2.29. The number of nitrogens with one attached hydrogen (secondary N) is 1. The minimum atomic E-state index is 0.112. The summed E-state index contributed by atoms with van der Waals surface area (Å²) >= 11 is 1.48. The van der Waals surface area contributed by atoms with Crippen LogP contribution < -0.4 is 5.32 Å². The first-order valence-corrected chi connectivity index (χ1v) is 11.2. The fourth-order valence-electron chi connectivity index (χ4n) is 4.57. The Morgan fingerprint density at radius 2 is 2.04 bits per heavy atom. The molecule has 1 unspecified atom stereocenters. The quantitative estimate of drug-likeness (QED) is 0.836. The Morgan fingerprint density at radius 1 is 1.32 bits per heavy atom. The largest absolute Gasteiger partial charge is 0.362 e. The SMILES string of the molecule is CCNc1nc(C)c(C(=O)N(C)C2CCCN(C3Cc4ccccc4C3)C2)s1. The molecule has 0 spiro atoms. The van der Waals surface area contributed by atoms with E-state index in [1.165, 1.54) is 22.5 Å². The van der Waals surface area contributed by atoms with E-state index in [0.717, 1.165) is 61.0 Å². The molecule has 1 aromatic heterocycles. The lowest BCUT2D eigenvalue weighted by atomic mass is 10.0. The van der Waals surface area contributed by atoms with Crippen molar-refractivity contribution in [2.75, 3.05) is 32.0 Å². The lowest BCUT2D eigenvalue weighted by Crippen LogP contribution is -2.51. The topological polar surface area (TPSA) is 48.5 Å². The smallest absolute Gasteiger partial charge is 0.265 e. The van der Waals surface area contributed by atoms with E-state index in [0.29, 0.717) is 6.04 Å². The van der Waals surface area contributed by atoms with Crippen LogP contribution in [0.25, 0.3) is 0 Å². The van der Waals surface area contributed by atoms with Crippen LogP contribution in [0.15, 0.2) is 24.3 Å². The van der Waals surface area contributed by atoms with Crippen LogP contribution in [0.2, 0.25) is 0 Å². The van der Waals surface area contributed by atoms with Gasteiger partial charge in [0.2, 0.25) is 0 Å². The zero-order valence-corrected chi connectivity index (χ0v) is 17.9. The number of carbonyl (C=O) groups excluding carboxylic acids is 1. The normalized spacial score (nSPS) is 20.2. The zero-order chi connectivity index (χ0) is 19.7. The second-order valence-corrected chi connectivity index (χ2v) is 9.00. The van der Waals surface area contributed by atoms with Crippen LogP contribution in [0, 0.1) is 6.92 Å². The summed E-state index contributed by atoms with van der Waals surface area (Å²) in [7, 11) is 1.96. The van der Waals surface area contributed by atoms with Crippen LogP contribution in [0.1, 0.15) is 46.3 Å². The summed E-state index contributed by atoms with van der Waals surface area (Å²) in [6.45, 7) is 6.90. The number of rotatable bonds is 5. The third-order valence-electron chi connectivity index (χ3n) is 6.16. The molecule has 2 heterocycles. The molecule has 28 heavy (non-hydrogen) atoms. The van der Waals surface area contributed by atoms with E-state index < -0.39 is 0 Å². The Hall–Kier alpha value is -1.92. The number of carbonyl (C=O) groups is 1. The van der Waals surface area contributed by atoms with E-state index in [2.05, 4.69) is 39.5 Å². The molecule has 4 rings (SSSR count). The first-order valence-electron chi connectivity index (χ1n) is 10.4. The number of aryl methyl sites for hydroxylation is 1. The fraction of sp³-hybridized carbons (Fsp3) is 0.545. The van der Waals surface area contributed by atoms with Gasteiger partial charge in [-0.3, -0.25) is 9.69 Å². The van der Waals surface area contributed by atoms with Gasteiger partial charge in [-0.05, 0) is 57.2 Å². The number of hydrogen-bond acceptors (Lipinski definition) is 5. The van der Waals surface area contributed by atoms with Crippen LogP contribution >= 0.6 is 11.3 Å². The Labute approximate surface area is 171 Å². The molecule has 5 nitrogen and oxygen atoms in total. The molecular weight excluding hydrogens is 368 g/mol. The van der Waals surface area contributed by atoms with Crippen LogP contribution in [-0.2, 0) is 12.8 Å². The highest BCUT2D eigenvalue weighted by atomic mass is 32.1. The van der Waals surface area contributed by atoms with Crippen molar-refractivity contribution >= 4 is 22.4 Å². The average molecular weight is 399 g/mol. The maximum atomic E-state index is 13.1. The van der Waals surface area contributed by atoms with Gasteiger partial charge in [0, 0.05) is 32.2 Å². The number of likely N-dealkylation sites (tertiary alicyclic amines) is 1. The molecule has 1 aliphatic heterocycles. The lowest BCUT2D eigenvalue weighted by Gasteiger charge is -2.40. The standard InChI is InChI=1S/C22H30N4OS/c1-4-23-22-24-15(2)20(28-22)21(27)25(3)18-10-7-11-26(14-18)19-12-16-8-5-6-9-17(16)13-19/h5-6,8-9,18-19H,4,7,10-14H2,1-3H3,(H,23,24). The Bertz CT molecular complexity index is 824. The number of thiazole rings is 1. The third-order valence-corrected chi connectivity index (χ3v) is 7.26. The molecule has 6 heteroatoms. The summed E-state index contributed by atoms with van der Waals surface area (Å²) in [6, 6.07) is 9.67. The molecule has 1 aromatic carbocycles. The molecule has 1 fully saturated rings. The lowest BCUT2D eigenvalue weighted by molar-refractivity contribution is 0.0559. The summed E-state index contributed by atoms with van der Waals surface area (Å²) in [6.07, 6.45) is 4.51. The summed E-state index contributed by atoms with van der Waals surface area (Å²) in [5.41, 5.74) is 3.82. The van der Waals surface area contributed by atoms with Crippen LogP contribution in [0.5, 0.6) is 0 Å². The van der Waals surface area contributed by atoms with Gasteiger partial charge in [-0.2, -0.15) is 0 Å². The van der Waals surface area contributed by atoms with Gasteiger partial charge in [-0.15, -0.1) is 0 Å². The number of amides is 1. The van der Waals surface area contributed by atoms with E-state index in [4.69, 9.17) is 0 Å². The number of anilines is 1. The summed E-state index contributed by atoms with van der Waals surface area (Å²) < 4.78 is 0.